The Balaban J connectivity index is 0. The van der Waals surface area contributed by atoms with Crippen molar-refractivity contribution in [2.75, 3.05) is 24.6 Å². The Hall–Kier alpha value is -0.100. The lowest BCUT2D eigenvalue weighted by atomic mass is 10.1. The predicted octanol–water partition coefficient (Wildman–Crippen LogP) is 8.08. The van der Waals surface area contributed by atoms with Gasteiger partial charge in [-0.15, -0.1) is 0 Å². The third-order valence-corrected chi connectivity index (χ3v) is 11.0. The highest BCUT2D eigenvalue weighted by atomic mass is 31.2. The van der Waals surface area contributed by atoms with Crippen LogP contribution in [-0.4, -0.2) is 30.6 Å². The van der Waals surface area contributed by atoms with Crippen LogP contribution in [0.1, 0.15) is 137 Å². The van der Waals surface area contributed by atoms with Gasteiger partial charge in [-0.1, -0.05) is 98.8 Å². The molecule has 0 aromatic rings. The van der Waals surface area contributed by atoms with E-state index >= 15 is 0 Å². The minimum Gasteiger partial charge on any atom is -0.550 e. The number of carboxylic acid groups (broad SMARTS) is 1. The highest BCUT2D eigenvalue weighted by Crippen LogP contribution is 2.61. The van der Waals surface area contributed by atoms with Gasteiger partial charge in [0, 0.05) is 13.2 Å². The molecular weight excluding hydrogens is 375 g/mol. The summed E-state index contributed by atoms with van der Waals surface area (Å²) in [6, 6.07) is 0. The van der Waals surface area contributed by atoms with Gasteiger partial charge in [-0.25, -0.2) is 0 Å². The number of hydrogen-bond acceptors (Lipinski definition) is 2. The topological polar surface area (TPSA) is 40.1 Å². The Morgan fingerprint density at radius 3 is 1.14 bits per heavy atom. The maximum atomic E-state index is 10.0. The molecule has 0 N–H and O–H groups in total. The highest BCUT2D eigenvalue weighted by Gasteiger charge is 2.34. The van der Waals surface area contributed by atoms with E-state index in [9.17, 15) is 9.90 Å². The van der Waals surface area contributed by atoms with Gasteiger partial charge in [-0.3, -0.25) is 0 Å². The zero-order valence-corrected chi connectivity index (χ0v) is 21.8. The van der Waals surface area contributed by atoms with Gasteiger partial charge >= 0.3 is 0 Å². The summed E-state index contributed by atoms with van der Waals surface area (Å²) in [7, 11) is -0.562. The van der Waals surface area contributed by atoms with Crippen LogP contribution in [0.3, 0.4) is 0 Å². The number of carbonyl (C=O) groups is 1. The minimum atomic E-state index is -0.913. The molecule has 3 heteroatoms. The van der Waals surface area contributed by atoms with Crippen LogP contribution in [-0.2, 0) is 4.79 Å². The lowest BCUT2D eigenvalue weighted by molar-refractivity contribution is -0.305. The number of carbonyl (C=O) groups excluding carboxylic acids is 1. The van der Waals surface area contributed by atoms with Gasteiger partial charge < -0.3 is 9.90 Å². The average molecular weight is 431 g/mol. The smallest absolute Gasteiger partial charge is 0.0594 e. The molecule has 0 fully saturated rings. The van der Waals surface area contributed by atoms with Gasteiger partial charge in [0.25, 0.3) is 0 Å². The highest BCUT2D eigenvalue weighted by molar-refractivity contribution is 7.75. The molecule has 0 amide bonds. The van der Waals surface area contributed by atoms with Gasteiger partial charge in [0.05, 0.1) is 24.6 Å². The molecular formula is C26H55O2P. The maximum Gasteiger partial charge on any atom is 0.0594 e. The van der Waals surface area contributed by atoms with E-state index in [-0.39, 0.29) is 6.42 Å². The summed E-state index contributed by atoms with van der Waals surface area (Å²) in [5.74, 6) is -0.913. The Morgan fingerprint density at radius 2 is 0.828 bits per heavy atom. The lowest BCUT2D eigenvalue weighted by Crippen LogP contribution is -2.21. The van der Waals surface area contributed by atoms with Crippen LogP contribution in [0.25, 0.3) is 0 Å². The molecule has 0 spiro atoms. The van der Waals surface area contributed by atoms with E-state index in [2.05, 4.69) is 34.6 Å². The molecule has 0 atom stereocenters. The van der Waals surface area contributed by atoms with Crippen molar-refractivity contribution in [3.05, 3.63) is 0 Å². The van der Waals surface area contributed by atoms with Gasteiger partial charge in [-0.05, 0) is 38.5 Å². The quantitative estimate of drug-likeness (QED) is 0.145. The van der Waals surface area contributed by atoms with Gasteiger partial charge in [0.2, 0.25) is 0 Å². The largest absolute Gasteiger partial charge is 0.550 e. The second kappa shape index (κ2) is 24.2. The van der Waals surface area contributed by atoms with Gasteiger partial charge in [0.1, 0.15) is 0 Å². The molecule has 0 rings (SSSR count). The number of rotatable bonds is 20. The van der Waals surface area contributed by atoms with E-state index in [0.29, 0.717) is 0 Å². The molecule has 0 aliphatic rings. The molecule has 0 aromatic heterocycles. The summed E-state index contributed by atoms with van der Waals surface area (Å²) < 4.78 is 0. The van der Waals surface area contributed by atoms with Crippen molar-refractivity contribution in [1.82, 2.24) is 0 Å². The van der Waals surface area contributed by atoms with Gasteiger partial charge in [0.15, 0.2) is 0 Å². The van der Waals surface area contributed by atoms with Crippen molar-refractivity contribution in [3.63, 3.8) is 0 Å². The molecule has 29 heavy (non-hydrogen) atoms. The van der Waals surface area contributed by atoms with Crippen molar-refractivity contribution in [2.45, 2.75) is 137 Å². The fourth-order valence-electron chi connectivity index (χ4n) is 3.87. The molecule has 0 heterocycles. The Labute approximate surface area is 185 Å². The fourth-order valence-corrected chi connectivity index (χ4v) is 9.16. The fraction of sp³-hybridized carbons (Fsp3) is 0.962. The number of carboxylic acids is 1. The third kappa shape index (κ3) is 22.4. The Morgan fingerprint density at radius 1 is 0.517 bits per heavy atom. The monoisotopic (exact) mass is 430 g/mol. The van der Waals surface area contributed by atoms with E-state index in [0.717, 1.165) is 12.8 Å². The summed E-state index contributed by atoms with van der Waals surface area (Å²) in [5, 5.41) is 10.0. The summed E-state index contributed by atoms with van der Waals surface area (Å²) in [6.07, 6.45) is 26.3. The lowest BCUT2D eigenvalue weighted by Gasteiger charge is -2.28. The zero-order valence-electron chi connectivity index (χ0n) is 20.9. The molecule has 0 unspecified atom stereocenters. The van der Waals surface area contributed by atoms with Crippen molar-refractivity contribution in [2.24, 2.45) is 0 Å². The first-order chi connectivity index (χ1) is 14.0. The average Bonchev–Trinajstić information content (AvgIpc) is 2.72. The van der Waals surface area contributed by atoms with Crippen LogP contribution in [0, 0.1) is 0 Å². The van der Waals surface area contributed by atoms with E-state index in [1.54, 1.807) is 24.6 Å². The number of unbranched alkanes of at least 4 members (excludes halogenated alkanes) is 10. The van der Waals surface area contributed by atoms with Crippen LogP contribution in [0.5, 0.6) is 0 Å². The SMILES string of the molecule is CCCCCCCCCC(=O)[O-].CCCC[P+](CCCC)(CCCC)CCCC. The normalized spacial score (nSPS) is 11.2. The molecule has 0 radical (unpaired) electrons. The molecule has 0 saturated carbocycles. The van der Waals surface area contributed by atoms with Crippen molar-refractivity contribution >= 4 is 13.2 Å². The van der Waals surface area contributed by atoms with E-state index in [4.69, 9.17) is 0 Å². The molecule has 176 valence electrons. The maximum absolute atomic E-state index is 10.0. The van der Waals surface area contributed by atoms with Crippen LogP contribution in [0.15, 0.2) is 0 Å². The van der Waals surface area contributed by atoms with E-state index in [1.165, 1.54) is 83.5 Å². The summed E-state index contributed by atoms with van der Waals surface area (Å²) >= 11 is 0. The second-order valence-corrected chi connectivity index (χ2v) is 13.4. The molecule has 0 bridgehead atoms. The summed E-state index contributed by atoms with van der Waals surface area (Å²) in [6.45, 7) is 11.6. The zero-order chi connectivity index (χ0) is 22.2. The van der Waals surface area contributed by atoms with Crippen molar-refractivity contribution in [1.29, 1.82) is 0 Å². The van der Waals surface area contributed by atoms with Crippen LogP contribution >= 0.6 is 7.26 Å². The Kier molecular flexibility index (Phi) is 25.9. The third-order valence-electron chi connectivity index (χ3n) is 5.93. The molecule has 0 saturated heterocycles. The number of hydrogen-bond donors (Lipinski definition) is 0. The van der Waals surface area contributed by atoms with Crippen LogP contribution in [0.4, 0.5) is 0 Å². The summed E-state index contributed by atoms with van der Waals surface area (Å²) in [5.41, 5.74) is 0. The molecule has 0 aromatic carbocycles. The van der Waals surface area contributed by atoms with E-state index in [1.807, 2.05) is 0 Å². The number of aliphatic carboxylic acids is 1. The summed E-state index contributed by atoms with van der Waals surface area (Å²) in [4.78, 5) is 10.0. The van der Waals surface area contributed by atoms with Crippen molar-refractivity contribution in [3.8, 4) is 0 Å². The van der Waals surface area contributed by atoms with Crippen molar-refractivity contribution < 1.29 is 9.90 Å². The van der Waals surface area contributed by atoms with Gasteiger partial charge in [-0.2, -0.15) is 0 Å². The molecule has 0 aliphatic carbocycles. The first-order valence-electron chi connectivity index (χ1n) is 13.1. The molecule has 2 nitrogen and oxygen atoms in total. The van der Waals surface area contributed by atoms with Crippen LogP contribution in [0.2, 0.25) is 0 Å². The first kappa shape index (κ1) is 31.1. The predicted molar refractivity (Wildman–Crippen MR) is 134 cm³/mol. The standard InChI is InChI=1S/C16H36P.C10H20O2/c1-5-9-13-17(14-10-6-2,15-11-7-3)16-12-8-4;1-2-3-4-5-6-7-8-9-10(11)12/h5-16H2,1-4H3;2-9H2,1H3,(H,11,12)/q+1;/p-1. The molecule has 0 aliphatic heterocycles. The van der Waals surface area contributed by atoms with Crippen LogP contribution < -0.4 is 5.11 Å². The second-order valence-electron chi connectivity index (χ2n) is 8.89. The van der Waals surface area contributed by atoms with E-state index < -0.39 is 13.2 Å². The minimum absolute atomic E-state index is 0.230. The Bertz CT molecular complexity index is 293. The first-order valence-corrected chi connectivity index (χ1v) is 15.6.